The van der Waals surface area contributed by atoms with Crippen LogP contribution in [-0.4, -0.2) is 42.7 Å². The molecule has 0 bridgehead atoms. The second-order valence-corrected chi connectivity index (χ2v) is 9.86. The lowest BCUT2D eigenvalue weighted by atomic mass is 10.00. The van der Waals surface area contributed by atoms with Gasteiger partial charge < -0.3 is 18.8 Å². The van der Waals surface area contributed by atoms with E-state index in [-0.39, 0.29) is 16.4 Å². The lowest BCUT2D eigenvalue weighted by molar-refractivity contribution is 0.115. The van der Waals surface area contributed by atoms with E-state index in [1.165, 1.54) is 0 Å². The van der Waals surface area contributed by atoms with Gasteiger partial charge in [0.25, 0.3) is 0 Å². The number of fused-ring (bicyclic) bond motifs is 2. The highest BCUT2D eigenvalue weighted by Crippen LogP contribution is 2.36. The van der Waals surface area contributed by atoms with Gasteiger partial charge in [0.15, 0.2) is 35.2 Å². The number of ether oxygens (including phenoxy) is 2. The van der Waals surface area contributed by atoms with Gasteiger partial charge in [-0.2, -0.15) is 0 Å². The Hall–Kier alpha value is -4.15. The van der Waals surface area contributed by atoms with Crippen LogP contribution in [0, 0.1) is 13.8 Å². The molecule has 11 heteroatoms. The number of aryl methyl sites for hydroxylation is 1. The Morgan fingerprint density at radius 3 is 2.90 bits per heavy atom. The third-order valence-electron chi connectivity index (χ3n) is 6.71. The van der Waals surface area contributed by atoms with Crippen molar-refractivity contribution in [3.63, 3.8) is 0 Å². The molecule has 1 N–H and O–H groups in total. The zero-order valence-electron chi connectivity index (χ0n) is 22.7. The summed E-state index contributed by atoms with van der Waals surface area (Å²) in [6.45, 7) is 5.68. The highest BCUT2D eigenvalue weighted by molar-refractivity contribution is 6.29. The number of nitrogens with one attached hydrogen (secondary N) is 1. The number of amidine groups is 1. The van der Waals surface area contributed by atoms with Crippen LogP contribution in [0.25, 0.3) is 22.3 Å². The number of rotatable bonds is 5. The quantitative estimate of drug-likeness (QED) is 0.354. The van der Waals surface area contributed by atoms with E-state index in [0.717, 1.165) is 17.9 Å². The standard InChI is InChI=1S/C28H26ClN5O5/c1-14-9-18(16(3)38-20-5-6-22(29)32-23(20)27-31-13-37-33-27)26-19(10-14)24(35)15(2)25(39-26)17-11-21-28(30-12-17)34(4)7-8-36-21/h5-6,9-12,16H,7-8,13H2,1-4H3,(H,31,33)/t16-/m1/s1/i13D/t13?,16-. The van der Waals surface area contributed by atoms with E-state index in [0.29, 0.717) is 57.2 Å². The number of nitrogens with zero attached hydrogens (tertiary/aromatic N) is 4. The Bertz CT molecular complexity index is 1740. The Morgan fingerprint density at radius 1 is 1.26 bits per heavy atom. The molecular formula is C28H26ClN5O5. The number of anilines is 1. The van der Waals surface area contributed by atoms with Crippen LogP contribution in [-0.2, 0) is 4.84 Å². The summed E-state index contributed by atoms with van der Waals surface area (Å²) in [4.78, 5) is 33.6. The number of likely N-dealkylation sites (N-methyl/N-ethyl adjacent to an activating group) is 1. The smallest absolute Gasteiger partial charge is 0.196 e. The number of hydrogen-bond donors (Lipinski definition) is 1. The molecule has 2 aliphatic heterocycles. The maximum atomic E-state index is 13.6. The van der Waals surface area contributed by atoms with E-state index < -0.39 is 12.8 Å². The summed E-state index contributed by atoms with van der Waals surface area (Å²) in [5.41, 5.74) is 5.83. The number of halogens is 1. The molecule has 0 fully saturated rings. The molecule has 10 nitrogen and oxygen atoms in total. The molecule has 3 aromatic heterocycles. The first kappa shape index (κ1) is 23.9. The van der Waals surface area contributed by atoms with E-state index in [9.17, 15) is 4.79 Å². The van der Waals surface area contributed by atoms with E-state index >= 15 is 0 Å². The maximum Gasteiger partial charge on any atom is 0.196 e. The van der Waals surface area contributed by atoms with Crippen LogP contribution in [0.4, 0.5) is 5.82 Å². The van der Waals surface area contributed by atoms with Gasteiger partial charge in [-0.25, -0.2) is 20.4 Å². The van der Waals surface area contributed by atoms with Crippen molar-refractivity contribution < 1.29 is 20.1 Å². The number of hydrogen-bond acceptors (Lipinski definition) is 10. The van der Waals surface area contributed by atoms with Crippen LogP contribution < -0.4 is 25.3 Å². The van der Waals surface area contributed by atoms with Crippen LogP contribution in [0.1, 0.15) is 36.8 Å². The number of aliphatic imine (C=N–C) groups is 1. The fraction of sp³-hybridized carbons (Fsp3) is 0.286. The summed E-state index contributed by atoms with van der Waals surface area (Å²) < 4.78 is 26.3. The normalized spacial score (nSPS) is 17.7. The number of hydroxylamine groups is 1. The zero-order chi connectivity index (χ0) is 28.1. The van der Waals surface area contributed by atoms with Crippen LogP contribution in [0.3, 0.4) is 0 Å². The number of benzene rings is 1. The van der Waals surface area contributed by atoms with E-state index in [1.54, 1.807) is 25.3 Å². The van der Waals surface area contributed by atoms with Crippen LogP contribution >= 0.6 is 11.6 Å². The van der Waals surface area contributed by atoms with Crippen LogP contribution in [0.15, 0.2) is 50.7 Å². The molecule has 4 aromatic rings. The van der Waals surface area contributed by atoms with Crippen molar-refractivity contribution in [1.82, 2.24) is 15.4 Å². The van der Waals surface area contributed by atoms with E-state index in [4.69, 9.17) is 31.7 Å². The fourth-order valence-corrected chi connectivity index (χ4v) is 4.88. The van der Waals surface area contributed by atoms with Crippen molar-refractivity contribution in [2.75, 3.05) is 31.8 Å². The Labute approximate surface area is 230 Å². The first-order valence-corrected chi connectivity index (χ1v) is 12.7. The summed E-state index contributed by atoms with van der Waals surface area (Å²) in [5, 5.41) is 0.684. The summed E-state index contributed by atoms with van der Waals surface area (Å²) in [6.07, 6.45) is 1.12. The second kappa shape index (κ2) is 9.87. The van der Waals surface area contributed by atoms with Crippen molar-refractivity contribution in [1.29, 1.82) is 0 Å². The van der Waals surface area contributed by atoms with Gasteiger partial charge in [0.1, 0.15) is 35.0 Å². The average Bonchev–Trinajstić information content (AvgIpc) is 3.37. The van der Waals surface area contributed by atoms with Crippen molar-refractivity contribution in [2.45, 2.75) is 26.9 Å². The van der Waals surface area contributed by atoms with Crippen LogP contribution in [0.5, 0.6) is 11.5 Å². The lowest BCUT2D eigenvalue weighted by Gasteiger charge is -2.26. The molecule has 0 saturated carbocycles. The zero-order valence-corrected chi connectivity index (χ0v) is 22.5. The van der Waals surface area contributed by atoms with Gasteiger partial charge >= 0.3 is 0 Å². The predicted octanol–water partition coefficient (Wildman–Crippen LogP) is 4.73. The second-order valence-electron chi connectivity index (χ2n) is 9.48. The van der Waals surface area contributed by atoms with Crippen molar-refractivity contribution in [2.24, 2.45) is 4.99 Å². The topological polar surface area (TPSA) is 111 Å². The minimum atomic E-state index is -1.12. The van der Waals surface area contributed by atoms with Gasteiger partial charge in [0.2, 0.25) is 0 Å². The first-order valence-electron chi connectivity index (χ1n) is 12.9. The third-order valence-corrected chi connectivity index (χ3v) is 6.92. The summed E-state index contributed by atoms with van der Waals surface area (Å²) in [5.74, 6) is 2.39. The van der Waals surface area contributed by atoms with Gasteiger partial charge in [-0.1, -0.05) is 11.6 Å². The largest absolute Gasteiger partial charge is 0.488 e. The molecule has 5 heterocycles. The lowest BCUT2D eigenvalue weighted by Crippen LogP contribution is -2.29. The molecule has 6 rings (SSSR count). The molecule has 0 spiro atoms. The maximum absolute atomic E-state index is 13.6. The van der Waals surface area contributed by atoms with Crippen molar-refractivity contribution in [3.05, 3.63) is 74.3 Å². The fourth-order valence-electron chi connectivity index (χ4n) is 4.74. The molecule has 0 aliphatic carbocycles. The van der Waals surface area contributed by atoms with Gasteiger partial charge in [-0.15, -0.1) is 0 Å². The molecule has 0 amide bonds. The molecule has 1 aromatic carbocycles. The van der Waals surface area contributed by atoms with E-state index in [1.807, 2.05) is 44.0 Å². The number of pyridine rings is 2. The molecule has 2 aliphatic rings. The minimum absolute atomic E-state index is 0.138. The van der Waals surface area contributed by atoms with E-state index in [2.05, 4.69) is 20.4 Å². The molecule has 1 unspecified atom stereocenters. The van der Waals surface area contributed by atoms with Crippen molar-refractivity contribution >= 4 is 34.2 Å². The molecule has 0 saturated heterocycles. The molecular weight excluding hydrogens is 522 g/mol. The molecule has 2 atom stereocenters. The summed E-state index contributed by atoms with van der Waals surface area (Å²) in [7, 11) is 1.96. The Kier molecular flexibility index (Phi) is 6.05. The minimum Gasteiger partial charge on any atom is -0.488 e. The summed E-state index contributed by atoms with van der Waals surface area (Å²) in [6, 6.07) is 8.86. The SMILES string of the molecule is [2H]C1N=C(c2nc(Cl)ccc2O[C@H](C)c2cc(C)cc3c(=O)c(C)c(-c4cnc5c(c4)OCCN5C)oc23)NO1. The average molecular weight is 549 g/mol. The highest BCUT2D eigenvalue weighted by atomic mass is 35.5. The molecule has 0 radical (unpaired) electrons. The van der Waals surface area contributed by atoms with Gasteiger partial charge in [0, 0.05) is 29.9 Å². The molecule has 200 valence electrons. The highest BCUT2D eigenvalue weighted by Gasteiger charge is 2.24. The first-order chi connectivity index (χ1) is 19.2. The predicted molar refractivity (Wildman–Crippen MR) is 148 cm³/mol. The molecule has 39 heavy (non-hydrogen) atoms. The number of aromatic nitrogens is 2. The summed E-state index contributed by atoms with van der Waals surface area (Å²) >= 11 is 6.14. The van der Waals surface area contributed by atoms with Crippen molar-refractivity contribution in [3.8, 4) is 22.8 Å². The van der Waals surface area contributed by atoms with Gasteiger partial charge in [0.05, 0.1) is 13.3 Å². The van der Waals surface area contributed by atoms with Gasteiger partial charge in [-0.05, 0) is 56.7 Å². The monoisotopic (exact) mass is 548 g/mol. The third kappa shape index (κ3) is 4.55. The Morgan fingerprint density at radius 2 is 2.10 bits per heavy atom. The van der Waals surface area contributed by atoms with Gasteiger partial charge in [-0.3, -0.25) is 9.63 Å². The van der Waals surface area contributed by atoms with Crippen LogP contribution in [0.2, 0.25) is 5.15 Å². The Balaban J connectivity index is 1.45.